The van der Waals surface area contributed by atoms with E-state index in [-0.39, 0.29) is 16.9 Å². The molecule has 1 aromatic rings. The second kappa shape index (κ2) is 5.14. The molecule has 1 unspecified atom stereocenters. The summed E-state index contributed by atoms with van der Waals surface area (Å²) in [7, 11) is 0. The molecule has 2 N–H and O–H groups in total. The van der Waals surface area contributed by atoms with Crippen molar-refractivity contribution < 1.29 is 9.53 Å². The molecule has 0 spiro atoms. The Morgan fingerprint density at radius 3 is 3.12 bits per heavy atom. The number of aromatic amines is 1. The zero-order valence-electron chi connectivity index (χ0n) is 9.79. The molecule has 5 nitrogen and oxygen atoms in total. The van der Waals surface area contributed by atoms with Gasteiger partial charge in [-0.3, -0.25) is 9.59 Å². The zero-order valence-corrected chi connectivity index (χ0v) is 9.79. The lowest BCUT2D eigenvalue weighted by Gasteiger charge is -2.09. The van der Waals surface area contributed by atoms with Crippen molar-refractivity contribution in [3.63, 3.8) is 0 Å². The second-order valence-corrected chi connectivity index (χ2v) is 4.33. The van der Waals surface area contributed by atoms with Crippen LogP contribution in [-0.2, 0) is 4.74 Å². The van der Waals surface area contributed by atoms with Crippen LogP contribution >= 0.6 is 0 Å². The Morgan fingerprint density at radius 1 is 1.65 bits per heavy atom. The number of nitrogens with one attached hydrogen (secondary N) is 2. The van der Waals surface area contributed by atoms with E-state index in [1.807, 2.05) is 0 Å². The molecule has 17 heavy (non-hydrogen) atoms. The van der Waals surface area contributed by atoms with Crippen LogP contribution in [0.25, 0.3) is 0 Å². The highest BCUT2D eigenvalue weighted by molar-refractivity contribution is 5.93. The highest BCUT2D eigenvalue weighted by atomic mass is 16.5. The Morgan fingerprint density at radius 2 is 2.47 bits per heavy atom. The number of aromatic nitrogens is 1. The highest BCUT2D eigenvalue weighted by Crippen LogP contribution is 2.10. The molecule has 0 saturated carbocycles. The second-order valence-electron chi connectivity index (χ2n) is 4.33. The third-order valence-electron chi connectivity index (χ3n) is 2.88. The van der Waals surface area contributed by atoms with Gasteiger partial charge in [-0.2, -0.15) is 0 Å². The number of hydrogen-bond acceptors (Lipinski definition) is 3. The minimum absolute atomic E-state index is 0.162. The average molecular weight is 236 g/mol. The Balaban J connectivity index is 1.97. The van der Waals surface area contributed by atoms with Crippen molar-refractivity contribution in [1.29, 1.82) is 0 Å². The van der Waals surface area contributed by atoms with Crippen LogP contribution in [0.1, 0.15) is 22.5 Å². The van der Waals surface area contributed by atoms with Crippen molar-refractivity contribution in [1.82, 2.24) is 10.3 Å². The molecule has 0 aromatic carbocycles. The van der Waals surface area contributed by atoms with Gasteiger partial charge in [-0.15, -0.1) is 0 Å². The lowest BCUT2D eigenvalue weighted by Crippen LogP contribution is -2.32. The van der Waals surface area contributed by atoms with E-state index in [0.29, 0.717) is 19.1 Å². The van der Waals surface area contributed by atoms with E-state index in [4.69, 9.17) is 4.74 Å². The molecule has 1 fully saturated rings. The Kier molecular flexibility index (Phi) is 3.58. The van der Waals surface area contributed by atoms with Crippen molar-refractivity contribution in [2.45, 2.75) is 13.3 Å². The summed E-state index contributed by atoms with van der Waals surface area (Å²) in [4.78, 5) is 26.2. The maximum absolute atomic E-state index is 11.8. The number of aryl methyl sites for hydroxylation is 1. The van der Waals surface area contributed by atoms with Crippen molar-refractivity contribution in [2.24, 2.45) is 5.92 Å². The molecule has 1 atom stereocenters. The van der Waals surface area contributed by atoms with Gasteiger partial charge in [0.15, 0.2) is 5.43 Å². The van der Waals surface area contributed by atoms with E-state index in [0.717, 1.165) is 18.7 Å². The highest BCUT2D eigenvalue weighted by Gasteiger charge is 2.17. The Labute approximate surface area is 99.2 Å². The summed E-state index contributed by atoms with van der Waals surface area (Å²) in [5.41, 5.74) is 0.659. The molecule has 5 heteroatoms. The fraction of sp³-hybridized carbons (Fsp3) is 0.500. The van der Waals surface area contributed by atoms with E-state index in [1.54, 1.807) is 6.92 Å². The van der Waals surface area contributed by atoms with Gasteiger partial charge in [-0.1, -0.05) is 0 Å². The first-order valence-corrected chi connectivity index (χ1v) is 5.72. The summed E-state index contributed by atoms with van der Waals surface area (Å²) in [6.45, 7) is 3.78. The standard InChI is InChI=1S/C12H16N2O3/c1-8-4-11(15)10(6-13-8)12(16)14-5-9-2-3-17-7-9/h4,6,9H,2-3,5,7H2,1H3,(H,13,15)(H,14,16). The van der Waals surface area contributed by atoms with Gasteiger partial charge in [0.1, 0.15) is 5.56 Å². The van der Waals surface area contributed by atoms with Gasteiger partial charge in [0.2, 0.25) is 0 Å². The molecular formula is C12H16N2O3. The van der Waals surface area contributed by atoms with E-state index in [1.165, 1.54) is 12.3 Å². The molecule has 2 rings (SSSR count). The molecule has 1 aliphatic rings. The van der Waals surface area contributed by atoms with Crippen molar-refractivity contribution in [3.05, 3.63) is 33.7 Å². The Hall–Kier alpha value is -1.62. The summed E-state index contributed by atoms with van der Waals surface area (Å²) in [5.74, 6) is 0.0432. The summed E-state index contributed by atoms with van der Waals surface area (Å²) < 4.78 is 5.22. The molecule has 1 saturated heterocycles. The number of carbonyl (C=O) groups is 1. The van der Waals surface area contributed by atoms with Gasteiger partial charge in [-0.05, 0) is 13.3 Å². The van der Waals surface area contributed by atoms with Crippen LogP contribution in [0, 0.1) is 12.8 Å². The topological polar surface area (TPSA) is 71.2 Å². The van der Waals surface area contributed by atoms with Gasteiger partial charge in [0.05, 0.1) is 6.61 Å². The van der Waals surface area contributed by atoms with Crippen molar-refractivity contribution in [2.75, 3.05) is 19.8 Å². The van der Waals surface area contributed by atoms with Crippen LogP contribution in [0.5, 0.6) is 0 Å². The van der Waals surface area contributed by atoms with E-state index in [2.05, 4.69) is 10.3 Å². The van der Waals surface area contributed by atoms with E-state index >= 15 is 0 Å². The normalized spacial score (nSPS) is 19.2. The summed E-state index contributed by atoms with van der Waals surface area (Å²) in [5, 5.41) is 2.76. The van der Waals surface area contributed by atoms with Crippen LogP contribution in [0.3, 0.4) is 0 Å². The number of rotatable bonds is 3. The quantitative estimate of drug-likeness (QED) is 0.800. The van der Waals surface area contributed by atoms with Gasteiger partial charge in [-0.25, -0.2) is 0 Å². The van der Waals surface area contributed by atoms with Crippen LogP contribution in [-0.4, -0.2) is 30.6 Å². The molecule has 92 valence electrons. The molecule has 2 heterocycles. The minimum atomic E-state index is -0.321. The maximum Gasteiger partial charge on any atom is 0.256 e. The number of pyridine rings is 1. The molecule has 0 aliphatic carbocycles. The number of H-pyrrole nitrogens is 1. The number of hydrogen-bond donors (Lipinski definition) is 2. The third-order valence-corrected chi connectivity index (χ3v) is 2.88. The zero-order chi connectivity index (χ0) is 12.3. The first kappa shape index (κ1) is 11.9. The van der Waals surface area contributed by atoms with Crippen LogP contribution in [0.2, 0.25) is 0 Å². The largest absolute Gasteiger partial charge is 0.381 e. The van der Waals surface area contributed by atoms with Crippen molar-refractivity contribution in [3.8, 4) is 0 Å². The lowest BCUT2D eigenvalue weighted by molar-refractivity contribution is 0.0943. The first-order valence-electron chi connectivity index (χ1n) is 5.72. The first-order chi connectivity index (χ1) is 8.16. The Bertz CT molecular complexity index is 461. The molecule has 1 aromatic heterocycles. The van der Waals surface area contributed by atoms with Crippen molar-refractivity contribution >= 4 is 5.91 Å². The summed E-state index contributed by atoms with van der Waals surface area (Å²) >= 11 is 0. The maximum atomic E-state index is 11.8. The SMILES string of the molecule is Cc1cc(=O)c(C(=O)NCC2CCOC2)c[nH]1. The number of amides is 1. The van der Waals surface area contributed by atoms with Gasteiger partial charge in [0.25, 0.3) is 5.91 Å². The van der Waals surface area contributed by atoms with Gasteiger partial charge < -0.3 is 15.0 Å². The van der Waals surface area contributed by atoms with Crippen LogP contribution < -0.4 is 10.7 Å². The van der Waals surface area contributed by atoms with Crippen LogP contribution in [0.4, 0.5) is 0 Å². The van der Waals surface area contributed by atoms with E-state index < -0.39 is 0 Å². The molecule has 0 radical (unpaired) electrons. The fourth-order valence-electron chi connectivity index (χ4n) is 1.83. The third kappa shape index (κ3) is 2.94. The number of ether oxygens (including phenoxy) is 1. The van der Waals surface area contributed by atoms with Crippen LogP contribution in [0.15, 0.2) is 17.1 Å². The molecule has 1 amide bonds. The monoisotopic (exact) mass is 236 g/mol. The molecule has 0 bridgehead atoms. The predicted octanol–water partition coefficient (Wildman–Crippen LogP) is 0.450. The minimum Gasteiger partial charge on any atom is -0.381 e. The summed E-state index contributed by atoms with van der Waals surface area (Å²) in [6, 6.07) is 1.42. The summed E-state index contributed by atoms with van der Waals surface area (Å²) in [6.07, 6.45) is 2.42. The van der Waals surface area contributed by atoms with Gasteiger partial charge in [0, 0.05) is 37.0 Å². The van der Waals surface area contributed by atoms with E-state index in [9.17, 15) is 9.59 Å². The number of carbonyl (C=O) groups excluding carboxylic acids is 1. The smallest absolute Gasteiger partial charge is 0.256 e. The lowest BCUT2D eigenvalue weighted by atomic mass is 10.1. The predicted molar refractivity (Wildman–Crippen MR) is 63.1 cm³/mol. The molecule has 1 aliphatic heterocycles. The van der Waals surface area contributed by atoms with Gasteiger partial charge >= 0.3 is 0 Å². The fourth-order valence-corrected chi connectivity index (χ4v) is 1.83. The molecular weight excluding hydrogens is 220 g/mol. The average Bonchev–Trinajstić information content (AvgIpc) is 2.78.